The lowest BCUT2D eigenvalue weighted by Crippen LogP contribution is -2.10. The lowest BCUT2D eigenvalue weighted by molar-refractivity contribution is 0.0986. The zero-order valence-corrected chi connectivity index (χ0v) is 9.56. The third kappa shape index (κ3) is 2.82. The predicted octanol–water partition coefficient (Wildman–Crippen LogP) is 2.21. The number of carbonyl (C=O) groups is 1. The average molecular weight is 229 g/mol. The van der Waals surface area contributed by atoms with Crippen LogP contribution in [0.4, 0.5) is 0 Å². The van der Waals surface area contributed by atoms with Crippen LogP contribution in [0.2, 0.25) is 0 Å². The number of ketones is 1. The van der Waals surface area contributed by atoms with E-state index in [1.54, 1.807) is 12.3 Å². The number of Topliss-reactive ketones (excluding diaryl/α,β-unsaturated/α-hetero) is 1. The summed E-state index contributed by atoms with van der Waals surface area (Å²) in [5.41, 5.74) is 7.29. The molecule has 2 N–H and O–H groups in total. The highest BCUT2D eigenvalue weighted by Gasteiger charge is 2.12. The summed E-state index contributed by atoms with van der Waals surface area (Å²) in [6.07, 6.45) is 2.60. The van der Waals surface area contributed by atoms with E-state index in [4.69, 9.17) is 10.2 Å². The summed E-state index contributed by atoms with van der Waals surface area (Å²) in [7, 11) is 0. The smallest absolute Gasteiger partial charge is 0.170 e. The summed E-state index contributed by atoms with van der Waals surface area (Å²) < 4.78 is 5.18. The third-order valence-electron chi connectivity index (χ3n) is 2.65. The molecular formula is C14H15NO2. The van der Waals surface area contributed by atoms with Gasteiger partial charge in [0, 0.05) is 5.56 Å². The summed E-state index contributed by atoms with van der Waals surface area (Å²) >= 11 is 0. The molecule has 0 unspecified atom stereocenters. The van der Waals surface area contributed by atoms with Crippen LogP contribution in [-0.2, 0) is 12.8 Å². The van der Waals surface area contributed by atoms with Gasteiger partial charge < -0.3 is 10.2 Å². The average Bonchev–Trinajstić information content (AvgIpc) is 2.83. The molecule has 1 aromatic carbocycles. The van der Waals surface area contributed by atoms with Gasteiger partial charge in [0.05, 0.1) is 12.7 Å². The normalized spacial score (nSPS) is 10.4. The largest absolute Gasteiger partial charge is 0.469 e. The van der Waals surface area contributed by atoms with Crippen LogP contribution in [0.25, 0.3) is 0 Å². The summed E-state index contributed by atoms with van der Waals surface area (Å²) in [5.74, 6) is 0.765. The number of hydrogen-bond donors (Lipinski definition) is 1. The van der Waals surface area contributed by atoms with Crippen molar-refractivity contribution in [1.29, 1.82) is 0 Å². The summed E-state index contributed by atoms with van der Waals surface area (Å²) in [4.78, 5) is 12.1. The Morgan fingerprint density at radius 2 is 2.00 bits per heavy atom. The number of furan rings is 1. The van der Waals surface area contributed by atoms with E-state index in [1.807, 2.05) is 30.3 Å². The predicted molar refractivity (Wildman–Crippen MR) is 65.9 cm³/mol. The Balaban J connectivity index is 2.18. The summed E-state index contributed by atoms with van der Waals surface area (Å²) in [6.45, 7) is 0.547. The highest BCUT2D eigenvalue weighted by molar-refractivity contribution is 5.98. The Kier molecular flexibility index (Phi) is 3.73. The second kappa shape index (κ2) is 5.46. The van der Waals surface area contributed by atoms with Gasteiger partial charge in [-0.05, 0) is 30.7 Å². The van der Waals surface area contributed by atoms with E-state index in [-0.39, 0.29) is 5.78 Å². The molecule has 0 aliphatic heterocycles. The molecule has 0 amide bonds. The third-order valence-corrected chi connectivity index (χ3v) is 2.65. The van der Waals surface area contributed by atoms with Crippen LogP contribution in [-0.4, -0.2) is 12.3 Å². The van der Waals surface area contributed by atoms with Gasteiger partial charge in [0.1, 0.15) is 5.76 Å². The Labute approximate surface area is 100 Å². The first kappa shape index (κ1) is 11.6. The standard InChI is InChI=1S/C14H15NO2/c15-8-7-11-4-1-2-6-13(11)14(16)10-12-5-3-9-17-12/h1-6,9H,7-8,10,15H2. The lowest BCUT2D eigenvalue weighted by atomic mass is 9.99. The van der Waals surface area contributed by atoms with E-state index >= 15 is 0 Å². The van der Waals surface area contributed by atoms with Gasteiger partial charge in [-0.15, -0.1) is 0 Å². The zero-order chi connectivity index (χ0) is 12.1. The lowest BCUT2D eigenvalue weighted by Gasteiger charge is -2.06. The zero-order valence-electron chi connectivity index (χ0n) is 9.56. The Hall–Kier alpha value is -1.87. The van der Waals surface area contributed by atoms with E-state index in [0.717, 1.165) is 17.5 Å². The quantitative estimate of drug-likeness (QED) is 0.800. The van der Waals surface area contributed by atoms with Crippen LogP contribution < -0.4 is 5.73 Å². The summed E-state index contributed by atoms with van der Waals surface area (Å²) in [5, 5.41) is 0. The van der Waals surface area contributed by atoms with E-state index < -0.39 is 0 Å². The van der Waals surface area contributed by atoms with Crippen LogP contribution >= 0.6 is 0 Å². The van der Waals surface area contributed by atoms with Crippen molar-refractivity contribution in [3.63, 3.8) is 0 Å². The van der Waals surface area contributed by atoms with Crippen molar-refractivity contribution >= 4 is 5.78 Å². The first-order chi connectivity index (χ1) is 8.31. The number of carbonyl (C=O) groups excluding carboxylic acids is 1. The van der Waals surface area contributed by atoms with E-state index in [9.17, 15) is 4.79 Å². The van der Waals surface area contributed by atoms with Gasteiger partial charge in [0.15, 0.2) is 5.78 Å². The molecular weight excluding hydrogens is 214 g/mol. The topological polar surface area (TPSA) is 56.2 Å². The highest BCUT2D eigenvalue weighted by atomic mass is 16.3. The van der Waals surface area contributed by atoms with Crippen molar-refractivity contribution in [3.05, 3.63) is 59.5 Å². The molecule has 88 valence electrons. The SMILES string of the molecule is NCCc1ccccc1C(=O)Cc1ccco1. The fourth-order valence-electron chi connectivity index (χ4n) is 1.83. The molecule has 1 aromatic heterocycles. The molecule has 0 aliphatic rings. The molecule has 2 aromatic rings. The monoisotopic (exact) mass is 229 g/mol. The fourth-order valence-corrected chi connectivity index (χ4v) is 1.83. The van der Waals surface area contributed by atoms with Crippen molar-refractivity contribution < 1.29 is 9.21 Å². The molecule has 0 bridgehead atoms. The molecule has 0 saturated carbocycles. The second-order valence-electron chi connectivity index (χ2n) is 3.88. The fraction of sp³-hybridized carbons (Fsp3) is 0.214. The van der Waals surface area contributed by atoms with Crippen LogP contribution in [0, 0.1) is 0 Å². The molecule has 0 atom stereocenters. The summed E-state index contributed by atoms with van der Waals surface area (Å²) in [6, 6.07) is 11.2. The van der Waals surface area contributed by atoms with Crippen LogP contribution in [0.5, 0.6) is 0 Å². The van der Waals surface area contributed by atoms with Gasteiger partial charge in [-0.1, -0.05) is 24.3 Å². The van der Waals surface area contributed by atoms with E-state index in [1.165, 1.54) is 0 Å². The molecule has 3 heteroatoms. The molecule has 0 radical (unpaired) electrons. The van der Waals surface area contributed by atoms with E-state index in [2.05, 4.69) is 0 Å². The second-order valence-corrected chi connectivity index (χ2v) is 3.88. The maximum Gasteiger partial charge on any atom is 0.170 e. The molecule has 2 rings (SSSR count). The maximum atomic E-state index is 12.1. The molecule has 0 saturated heterocycles. The van der Waals surface area contributed by atoms with Gasteiger partial charge in [-0.2, -0.15) is 0 Å². The van der Waals surface area contributed by atoms with Gasteiger partial charge in [-0.25, -0.2) is 0 Å². The minimum atomic E-state index is 0.0731. The number of nitrogens with two attached hydrogens (primary N) is 1. The van der Waals surface area contributed by atoms with Crippen LogP contribution in [0.15, 0.2) is 47.1 Å². The minimum Gasteiger partial charge on any atom is -0.469 e. The first-order valence-corrected chi connectivity index (χ1v) is 5.65. The molecule has 3 nitrogen and oxygen atoms in total. The van der Waals surface area contributed by atoms with Gasteiger partial charge in [0.25, 0.3) is 0 Å². The molecule has 0 aliphatic carbocycles. The minimum absolute atomic E-state index is 0.0731. The highest BCUT2D eigenvalue weighted by Crippen LogP contribution is 2.13. The number of benzene rings is 1. The van der Waals surface area contributed by atoms with Crippen LogP contribution in [0.1, 0.15) is 21.7 Å². The molecule has 0 fully saturated rings. The Morgan fingerprint density at radius 1 is 1.18 bits per heavy atom. The Bertz CT molecular complexity index is 489. The van der Waals surface area contributed by atoms with Gasteiger partial charge in [-0.3, -0.25) is 4.79 Å². The van der Waals surface area contributed by atoms with Gasteiger partial charge >= 0.3 is 0 Å². The van der Waals surface area contributed by atoms with Crippen LogP contribution in [0.3, 0.4) is 0 Å². The molecule has 0 spiro atoms. The molecule has 17 heavy (non-hydrogen) atoms. The van der Waals surface area contributed by atoms with E-state index in [0.29, 0.717) is 18.7 Å². The van der Waals surface area contributed by atoms with Crippen molar-refractivity contribution in [2.45, 2.75) is 12.8 Å². The van der Waals surface area contributed by atoms with Crippen molar-refractivity contribution in [2.75, 3.05) is 6.54 Å². The van der Waals surface area contributed by atoms with Gasteiger partial charge in [0.2, 0.25) is 0 Å². The Morgan fingerprint density at radius 3 is 2.71 bits per heavy atom. The number of rotatable bonds is 5. The molecule has 1 heterocycles. The van der Waals surface area contributed by atoms with Crippen molar-refractivity contribution in [1.82, 2.24) is 0 Å². The first-order valence-electron chi connectivity index (χ1n) is 5.65. The van der Waals surface area contributed by atoms with Crippen molar-refractivity contribution in [3.8, 4) is 0 Å². The van der Waals surface area contributed by atoms with Crippen molar-refractivity contribution in [2.24, 2.45) is 5.73 Å². The maximum absolute atomic E-state index is 12.1. The number of hydrogen-bond acceptors (Lipinski definition) is 3.